The summed E-state index contributed by atoms with van der Waals surface area (Å²) in [5, 5.41) is 14.3. The van der Waals surface area contributed by atoms with Gasteiger partial charge in [0.05, 0.1) is 21.3 Å². The molecule has 0 aliphatic rings. The summed E-state index contributed by atoms with van der Waals surface area (Å²) in [5.74, 6) is 0.381. The molecule has 0 radical (unpaired) electrons. The first-order chi connectivity index (χ1) is 9.61. The Morgan fingerprint density at radius 2 is 2.05 bits per heavy atom. The SMILES string of the molecule is CCC(O)CCNC(C)C(C)c1nc2ccccc2s1. The number of aliphatic hydroxyl groups is 1. The third kappa shape index (κ3) is 3.78. The molecule has 4 heteroatoms. The molecule has 0 bridgehead atoms. The minimum atomic E-state index is -0.188. The van der Waals surface area contributed by atoms with Gasteiger partial charge >= 0.3 is 0 Å². The van der Waals surface area contributed by atoms with E-state index >= 15 is 0 Å². The fourth-order valence-electron chi connectivity index (χ4n) is 2.16. The van der Waals surface area contributed by atoms with Crippen molar-refractivity contribution < 1.29 is 5.11 Å². The first kappa shape index (κ1) is 15.4. The highest BCUT2D eigenvalue weighted by Gasteiger charge is 2.18. The van der Waals surface area contributed by atoms with Crippen molar-refractivity contribution in [3.05, 3.63) is 29.3 Å². The van der Waals surface area contributed by atoms with Gasteiger partial charge in [-0.25, -0.2) is 4.98 Å². The molecule has 2 aromatic rings. The van der Waals surface area contributed by atoms with Gasteiger partial charge < -0.3 is 10.4 Å². The van der Waals surface area contributed by atoms with Crippen LogP contribution in [0.5, 0.6) is 0 Å². The molecule has 110 valence electrons. The van der Waals surface area contributed by atoms with Gasteiger partial charge in [0.15, 0.2) is 0 Å². The molecule has 0 saturated heterocycles. The fourth-order valence-corrected chi connectivity index (χ4v) is 3.28. The molecule has 0 aliphatic carbocycles. The van der Waals surface area contributed by atoms with E-state index in [0.717, 1.165) is 24.9 Å². The van der Waals surface area contributed by atoms with Gasteiger partial charge in [-0.15, -0.1) is 11.3 Å². The lowest BCUT2D eigenvalue weighted by Crippen LogP contribution is -2.33. The summed E-state index contributed by atoms with van der Waals surface area (Å²) < 4.78 is 1.25. The van der Waals surface area contributed by atoms with Crippen molar-refractivity contribution in [1.82, 2.24) is 10.3 Å². The van der Waals surface area contributed by atoms with Crippen LogP contribution in [-0.2, 0) is 0 Å². The highest BCUT2D eigenvalue weighted by atomic mass is 32.1. The molecular formula is C16H24N2OS. The second kappa shape index (κ2) is 7.16. The van der Waals surface area contributed by atoms with Crippen molar-refractivity contribution in [2.45, 2.75) is 51.7 Å². The van der Waals surface area contributed by atoms with Crippen molar-refractivity contribution in [1.29, 1.82) is 0 Å². The van der Waals surface area contributed by atoms with Gasteiger partial charge in [-0.05, 0) is 38.4 Å². The molecule has 2 rings (SSSR count). The first-order valence-corrected chi connectivity index (χ1v) is 8.20. The van der Waals surface area contributed by atoms with E-state index in [0.29, 0.717) is 12.0 Å². The van der Waals surface area contributed by atoms with Crippen LogP contribution in [0.1, 0.15) is 44.5 Å². The monoisotopic (exact) mass is 292 g/mol. The van der Waals surface area contributed by atoms with Crippen LogP contribution in [-0.4, -0.2) is 28.8 Å². The molecule has 0 amide bonds. The molecule has 0 saturated carbocycles. The molecule has 1 aromatic heterocycles. The average Bonchev–Trinajstić information content (AvgIpc) is 2.89. The zero-order chi connectivity index (χ0) is 14.5. The largest absolute Gasteiger partial charge is 0.393 e. The Morgan fingerprint density at radius 3 is 2.75 bits per heavy atom. The van der Waals surface area contributed by atoms with Crippen LogP contribution in [0.25, 0.3) is 10.2 Å². The summed E-state index contributed by atoms with van der Waals surface area (Å²) in [6.45, 7) is 7.27. The Morgan fingerprint density at radius 1 is 1.30 bits per heavy atom. The molecule has 3 unspecified atom stereocenters. The van der Waals surface area contributed by atoms with E-state index in [4.69, 9.17) is 4.98 Å². The quantitative estimate of drug-likeness (QED) is 0.820. The lowest BCUT2D eigenvalue weighted by atomic mass is 10.0. The molecule has 3 nitrogen and oxygen atoms in total. The van der Waals surface area contributed by atoms with Gasteiger partial charge in [0, 0.05) is 12.0 Å². The van der Waals surface area contributed by atoms with Crippen molar-refractivity contribution in [3.8, 4) is 0 Å². The number of nitrogens with one attached hydrogen (secondary N) is 1. The molecule has 0 fully saturated rings. The Bertz CT molecular complexity index is 507. The molecule has 1 heterocycles. The van der Waals surface area contributed by atoms with Crippen LogP contribution in [0.4, 0.5) is 0 Å². The second-order valence-electron chi connectivity index (χ2n) is 5.40. The Labute approximate surface area is 125 Å². The summed E-state index contributed by atoms with van der Waals surface area (Å²) in [4.78, 5) is 4.72. The van der Waals surface area contributed by atoms with Gasteiger partial charge in [0.1, 0.15) is 0 Å². The normalized spacial score (nSPS) is 16.2. The van der Waals surface area contributed by atoms with Crippen molar-refractivity contribution in [2.75, 3.05) is 6.54 Å². The van der Waals surface area contributed by atoms with Gasteiger partial charge in [0.25, 0.3) is 0 Å². The third-order valence-electron chi connectivity index (χ3n) is 3.87. The molecular weight excluding hydrogens is 268 g/mol. The Hall–Kier alpha value is -0.970. The zero-order valence-corrected chi connectivity index (χ0v) is 13.3. The lowest BCUT2D eigenvalue weighted by molar-refractivity contribution is 0.158. The lowest BCUT2D eigenvalue weighted by Gasteiger charge is -2.20. The van der Waals surface area contributed by atoms with Crippen LogP contribution < -0.4 is 5.32 Å². The summed E-state index contributed by atoms with van der Waals surface area (Å²) in [5.41, 5.74) is 1.09. The number of benzene rings is 1. The van der Waals surface area contributed by atoms with Gasteiger partial charge in [-0.1, -0.05) is 26.0 Å². The van der Waals surface area contributed by atoms with Crippen LogP contribution in [0, 0.1) is 0 Å². The van der Waals surface area contributed by atoms with Crippen LogP contribution >= 0.6 is 11.3 Å². The van der Waals surface area contributed by atoms with Crippen molar-refractivity contribution in [2.24, 2.45) is 0 Å². The predicted octanol–water partition coefficient (Wildman–Crippen LogP) is 3.54. The highest BCUT2D eigenvalue weighted by molar-refractivity contribution is 7.18. The Balaban J connectivity index is 1.94. The Kier molecular flexibility index (Phi) is 5.52. The number of thiazole rings is 1. The number of nitrogens with zero attached hydrogens (tertiary/aromatic N) is 1. The minimum Gasteiger partial charge on any atom is -0.393 e. The van der Waals surface area contributed by atoms with E-state index < -0.39 is 0 Å². The molecule has 1 aromatic carbocycles. The topological polar surface area (TPSA) is 45.1 Å². The number of hydrogen-bond donors (Lipinski definition) is 2. The van der Waals surface area contributed by atoms with E-state index in [9.17, 15) is 5.11 Å². The summed E-state index contributed by atoms with van der Waals surface area (Å²) in [7, 11) is 0. The minimum absolute atomic E-state index is 0.188. The number of rotatable bonds is 7. The summed E-state index contributed by atoms with van der Waals surface area (Å²) in [6.07, 6.45) is 1.45. The van der Waals surface area contributed by atoms with Crippen molar-refractivity contribution >= 4 is 21.6 Å². The van der Waals surface area contributed by atoms with Gasteiger partial charge in [-0.2, -0.15) is 0 Å². The van der Waals surface area contributed by atoms with E-state index in [1.54, 1.807) is 11.3 Å². The number of aliphatic hydroxyl groups excluding tert-OH is 1. The number of fused-ring (bicyclic) bond motifs is 1. The van der Waals surface area contributed by atoms with E-state index in [1.807, 2.05) is 13.0 Å². The highest BCUT2D eigenvalue weighted by Crippen LogP contribution is 2.28. The third-order valence-corrected chi connectivity index (χ3v) is 5.10. The van der Waals surface area contributed by atoms with Crippen molar-refractivity contribution in [3.63, 3.8) is 0 Å². The zero-order valence-electron chi connectivity index (χ0n) is 12.5. The molecule has 2 N–H and O–H groups in total. The standard InChI is InChI=1S/C16H24N2OS/c1-4-13(19)9-10-17-12(3)11(2)16-18-14-7-5-6-8-15(14)20-16/h5-8,11-13,17,19H,4,9-10H2,1-3H3. The van der Waals surface area contributed by atoms with Crippen LogP contribution in [0.2, 0.25) is 0 Å². The molecule has 3 atom stereocenters. The summed E-state index contributed by atoms with van der Waals surface area (Å²) >= 11 is 1.78. The van der Waals surface area contributed by atoms with Gasteiger partial charge in [0.2, 0.25) is 0 Å². The van der Waals surface area contributed by atoms with Crippen LogP contribution in [0.15, 0.2) is 24.3 Å². The van der Waals surface area contributed by atoms with E-state index in [2.05, 4.69) is 37.4 Å². The van der Waals surface area contributed by atoms with Gasteiger partial charge in [-0.3, -0.25) is 0 Å². The van der Waals surface area contributed by atoms with E-state index in [1.165, 1.54) is 9.71 Å². The maximum absolute atomic E-state index is 9.57. The average molecular weight is 292 g/mol. The fraction of sp³-hybridized carbons (Fsp3) is 0.562. The molecule has 0 spiro atoms. The maximum atomic E-state index is 9.57. The van der Waals surface area contributed by atoms with Crippen LogP contribution in [0.3, 0.4) is 0 Å². The molecule has 20 heavy (non-hydrogen) atoms. The molecule has 0 aliphatic heterocycles. The maximum Gasteiger partial charge on any atom is 0.0982 e. The van der Waals surface area contributed by atoms with E-state index in [-0.39, 0.29) is 6.10 Å². The number of hydrogen-bond acceptors (Lipinski definition) is 4. The predicted molar refractivity (Wildman–Crippen MR) is 86.4 cm³/mol. The number of aromatic nitrogens is 1. The number of para-hydroxylation sites is 1. The second-order valence-corrected chi connectivity index (χ2v) is 6.46. The summed E-state index contributed by atoms with van der Waals surface area (Å²) in [6, 6.07) is 8.64. The smallest absolute Gasteiger partial charge is 0.0982 e. The first-order valence-electron chi connectivity index (χ1n) is 7.38.